The molecule has 1 N–H and O–H groups in total. The molecule has 25 heavy (non-hydrogen) atoms. The third-order valence-electron chi connectivity index (χ3n) is 4.49. The number of hydrogen-bond acceptors (Lipinski definition) is 6. The molecule has 1 aromatic carbocycles. The van der Waals surface area contributed by atoms with Gasteiger partial charge >= 0.3 is 0 Å². The van der Waals surface area contributed by atoms with E-state index in [1.165, 1.54) is 6.42 Å². The molecule has 6 nitrogen and oxygen atoms in total. The first-order chi connectivity index (χ1) is 12.4. The lowest BCUT2D eigenvalue weighted by molar-refractivity contribution is 0.555. The summed E-state index contributed by atoms with van der Waals surface area (Å²) in [5, 5.41) is 11.7. The van der Waals surface area contributed by atoms with E-state index < -0.39 is 0 Å². The van der Waals surface area contributed by atoms with Gasteiger partial charge in [-0.05, 0) is 37.1 Å². The lowest BCUT2D eigenvalue weighted by Gasteiger charge is -2.25. The lowest BCUT2D eigenvalue weighted by atomic mass is 10.2. The van der Waals surface area contributed by atoms with Gasteiger partial charge in [-0.25, -0.2) is 4.98 Å². The van der Waals surface area contributed by atoms with Crippen LogP contribution >= 0.6 is 0 Å². The third kappa shape index (κ3) is 3.69. The smallest absolute Gasteiger partial charge is 0.226 e. The van der Waals surface area contributed by atoms with E-state index in [1.807, 2.05) is 42.5 Å². The van der Waals surface area contributed by atoms with Crippen LogP contribution in [0.1, 0.15) is 18.5 Å². The second kappa shape index (κ2) is 7.44. The Morgan fingerprint density at radius 1 is 1.16 bits per heavy atom. The van der Waals surface area contributed by atoms with Crippen molar-refractivity contribution < 1.29 is 4.42 Å². The Balaban J connectivity index is 1.33. The molecule has 0 amide bonds. The van der Waals surface area contributed by atoms with Crippen LogP contribution in [0.3, 0.4) is 0 Å². The standard InChI is InChI=1S/C19H21N5O/c1-2-6-15(7-3-1)19-22-16(14-25-19)12-20-13-17-8-5-11-24(17)18-9-4-10-21-23-18/h1-4,6-7,9-10,14,17,20H,5,8,11-13H2/t17-/m1/s1. The van der Waals surface area contributed by atoms with Gasteiger partial charge in [0.1, 0.15) is 6.26 Å². The number of hydrogen-bond donors (Lipinski definition) is 1. The van der Waals surface area contributed by atoms with Crippen molar-refractivity contribution in [1.82, 2.24) is 20.5 Å². The van der Waals surface area contributed by atoms with Gasteiger partial charge in [0.05, 0.1) is 5.69 Å². The van der Waals surface area contributed by atoms with Gasteiger partial charge in [0.2, 0.25) is 5.89 Å². The monoisotopic (exact) mass is 335 g/mol. The highest BCUT2D eigenvalue weighted by molar-refractivity contribution is 5.52. The molecule has 3 heterocycles. The molecule has 0 bridgehead atoms. The summed E-state index contributed by atoms with van der Waals surface area (Å²) in [6, 6.07) is 14.4. The molecule has 0 saturated carbocycles. The van der Waals surface area contributed by atoms with E-state index in [9.17, 15) is 0 Å². The van der Waals surface area contributed by atoms with Gasteiger partial charge in [-0.1, -0.05) is 18.2 Å². The van der Waals surface area contributed by atoms with Gasteiger partial charge in [-0.3, -0.25) is 0 Å². The molecule has 0 spiro atoms. The minimum Gasteiger partial charge on any atom is -0.444 e. The zero-order chi connectivity index (χ0) is 16.9. The van der Waals surface area contributed by atoms with Crippen molar-refractivity contribution in [3.63, 3.8) is 0 Å². The Bertz CT molecular complexity index is 790. The summed E-state index contributed by atoms with van der Waals surface area (Å²) in [6.07, 6.45) is 5.79. The third-order valence-corrected chi connectivity index (χ3v) is 4.49. The van der Waals surface area contributed by atoms with Crippen LogP contribution in [0.4, 0.5) is 5.82 Å². The molecule has 1 atom stereocenters. The summed E-state index contributed by atoms with van der Waals surface area (Å²) in [5.74, 6) is 1.62. The van der Waals surface area contributed by atoms with Gasteiger partial charge < -0.3 is 14.6 Å². The number of rotatable bonds is 6. The fourth-order valence-electron chi connectivity index (χ4n) is 3.26. The normalized spacial score (nSPS) is 17.1. The molecule has 1 fully saturated rings. The van der Waals surface area contributed by atoms with Crippen molar-refractivity contribution in [2.75, 3.05) is 18.0 Å². The summed E-state index contributed by atoms with van der Waals surface area (Å²) >= 11 is 0. The molecule has 0 radical (unpaired) electrons. The number of aromatic nitrogens is 3. The van der Waals surface area contributed by atoms with Crippen LogP contribution < -0.4 is 10.2 Å². The van der Waals surface area contributed by atoms with Crippen molar-refractivity contribution >= 4 is 5.82 Å². The number of oxazole rings is 1. The molecule has 4 rings (SSSR count). The Labute approximate surface area is 146 Å². The molecule has 1 aliphatic rings. The van der Waals surface area contributed by atoms with Crippen LogP contribution in [0.5, 0.6) is 0 Å². The van der Waals surface area contributed by atoms with E-state index in [0.717, 1.165) is 36.6 Å². The highest BCUT2D eigenvalue weighted by atomic mass is 16.3. The number of anilines is 1. The lowest BCUT2D eigenvalue weighted by Crippen LogP contribution is -2.38. The molecular formula is C19H21N5O. The maximum Gasteiger partial charge on any atom is 0.226 e. The zero-order valence-corrected chi connectivity index (χ0v) is 14.0. The second-order valence-electron chi connectivity index (χ2n) is 6.21. The summed E-state index contributed by atoms with van der Waals surface area (Å²) in [5.41, 5.74) is 1.92. The SMILES string of the molecule is c1ccc(-c2nc(CNC[C@H]3CCCN3c3cccnn3)co2)cc1. The topological polar surface area (TPSA) is 67.1 Å². The van der Waals surface area contributed by atoms with E-state index >= 15 is 0 Å². The Kier molecular flexibility index (Phi) is 4.70. The van der Waals surface area contributed by atoms with E-state index in [0.29, 0.717) is 18.5 Å². The van der Waals surface area contributed by atoms with Crippen molar-refractivity contribution in [2.45, 2.75) is 25.4 Å². The predicted molar refractivity (Wildman–Crippen MR) is 96.0 cm³/mol. The number of benzene rings is 1. The van der Waals surface area contributed by atoms with Crippen LogP contribution in [0, 0.1) is 0 Å². The quantitative estimate of drug-likeness (QED) is 0.747. The largest absolute Gasteiger partial charge is 0.444 e. The van der Waals surface area contributed by atoms with Crippen LogP contribution in [0.15, 0.2) is 59.3 Å². The van der Waals surface area contributed by atoms with Crippen molar-refractivity contribution in [2.24, 2.45) is 0 Å². The van der Waals surface area contributed by atoms with Crippen LogP contribution in [0.25, 0.3) is 11.5 Å². The van der Waals surface area contributed by atoms with Gasteiger partial charge in [0, 0.05) is 37.4 Å². The first-order valence-electron chi connectivity index (χ1n) is 8.65. The van der Waals surface area contributed by atoms with E-state index in [-0.39, 0.29) is 0 Å². The molecule has 128 valence electrons. The summed E-state index contributed by atoms with van der Waals surface area (Å²) in [7, 11) is 0. The van der Waals surface area contributed by atoms with Gasteiger partial charge in [0.25, 0.3) is 0 Å². The Hall–Kier alpha value is -2.73. The maximum absolute atomic E-state index is 5.58. The summed E-state index contributed by atoms with van der Waals surface area (Å²) in [6.45, 7) is 2.62. The molecule has 6 heteroatoms. The number of nitrogens with one attached hydrogen (secondary N) is 1. The minimum absolute atomic E-state index is 0.442. The average Bonchev–Trinajstić information content (AvgIpc) is 3.33. The average molecular weight is 335 g/mol. The van der Waals surface area contributed by atoms with Gasteiger partial charge in [-0.15, -0.1) is 5.10 Å². The van der Waals surface area contributed by atoms with Crippen LogP contribution in [0.2, 0.25) is 0 Å². The summed E-state index contributed by atoms with van der Waals surface area (Å²) < 4.78 is 5.58. The van der Waals surface area contributed by atoms with Crippen LogP contribution in [-0.4, -0.2) is 34.3 Å². The van der Waals surface area contributed by atoms with Crippen molar-refractivity contribution in [3.8, 4) is 11.5 Å². The maximum atomic E-state index is 5.58. The van der Waals surface area contributed by atoms with E-state index in [1.54, 1.807) is 12.5 Å². The molecule has 1 saturated heterocycles. The predicted octanol–water partition coefficient (Wildman–Crippen LogP) is 2.89. The van der Waals surface area contributed by atoms with Crippen molar-refractivity contribution in [3.05, 3.63) is 60.6 Å². The molecule has 2 aromatic heterocycles. The molecule has 1 aliphatic heterocycles. The minimum atomic E-state index is 0.442. The van der Waals surface area contributed by atoms with Gasteiger partial charge in [0.15, 0.2) is 5.82 Å². The Morgan fingerprint density at radius 3 is 2.92 bits per heavy atom. The zero-order valence-electron chi connectivity index (χ0n) is 14.0. The molecular weight excluding hydrogens is 314 g/mol. The molecule has 0 aliphatic carbocycles. The van der Waals surface area contributed by atoms with E-state index in [4.69, 9.17) is 4.42 Å². The first-order valence-corrected chi connectivity index (χ1v) is 8.65. The molecule has 3 aromatic rings. The highest BCUT2D eigenvalue weighted by Gasteiger charge is 2.25. The fraction of sp³-hybridized carbons (Fsp3) is 0.316. The Morgan fingerprint density at radius 2 is 2.08 bits per heavy atom. The van der Waals surface area contributed by atoms with E-state index in [2.05, 4.69) is 25.4 Å². The number of nitrogens with zero attached hydrogens (tertiary/aromatic N) is 4. The van der Waals surface area contributed by atoms with Crippen LogP contribution in [-0.2, 0) is 6.54 Å². The fourth-order valence-corrected chi connectivity index (χ4v) is 3.26. The van der Waals surface area contributed by atoms with Crippen molar-refractivity contribution in [1.29, 1.82) is 0 Å². The van der Waals surface area contributed by atoms with Gasteiger partial charge in [-0.2, -0.15) is 5.10 Å². The highest BCUT2D eigenvalue weighted by Crippen LogP contribution is 2.22. The first kappa shape index (κ1) is 15.8. The molecule has 0 unspecified atom stereocenters. The summed E-state index contributed by atoms with van der Waals surface area (Å²) in [4.78, 5) is 6.89. The second-order valence-corrected chi connectivity index (χ2v) is 6.21.